The monoisotopic (exact) mass is 614 g/mol. The summed E-state index contributed by atoms with van der Waals surface area (Å²) in [5, 5.41) is 3.87. The second-order valence-corrected chi connectivity index (χ2v) is 11.6. The number of ether oxygens (including phenoxy) is 1. The van der Waals surface area contributed by atoms with Crippen molar-refractivity contribution < 1.29 is 26.7 Å². The molecule has 10 heteroatoms. The van der Waals surface area contributed by atoms with Crippen LogP contribution in [-0.2, 0) is 19.0 Å². The van der Waals surface area contributed by atoms with E-state index in [-0.39, 0.29) is 22.9 Å². The lowest BCUT2D eigenvalue weighted by Crippen LogP contribution is -2.34. The third-order valence-electron chi connectivity index (χ3n) is 7.80. The Morgan fingerprint density at radius 3 is 2.49 bits per heavy atom. The van der Waals surface area contributed by atoms with Gasteiger partial charge in [0.15, 0.2) is 11.6 Å². The van der Waals surface area contributed by atoms with Gasteiger partial charge in [-0.05, 0) is 61.7 Å². The first kappa shape index (κ1) is 30.8. The molecule has 0 amide bonds. The lowest BCUT2D eigenvalue weighted by atomic mass is 9.92. The van der Waals surface area contributed by atoms with Crippen molar-refractivity contribution in [3.63, 3.8) is 0 Å². The summed E-state index contributed by atoms with van der Waals surface area (Å²) in [7, 11) is 1.31. The van der Waals surface area contributed by atoms with Crippen LogP contribution in [0, 0.1) is 25.5 Å². The Bertz CT molecular complexity index is 1720. The minimum absolute atomic E-state index is 0.0207. The van der Waals surface area contributed by atoms with E-state index < -0.39 is 40.9 Å². The zero-order chi connectivity index (χ0) is 30.9. The van der Waals surface area contributed by atoms with Crippen molar-refractivity contribution in [1.29, 1.82) is 0 Å². The Balaban J connectivity index is 1.59. The number of methoxy groups -OCH3 is 1. The fourth-order valence-corrected chi connectivity index (χ4v) is 7.04. The highest BCUT2D eigenvalue weighted by Gasteiger charge is 2.36. The molecule has 226 valence electrons. The van der Waals surface area contributed by atoms with Gasteiger partial charge in [0, 0.05) is 29.8 Å². The van der Waals surface area contributed by atoms with E-state index in [4.69, 9.17) is 4.74 Å². The van der Waals surface area contributed by atoms with Crippen molar-refractivity contribution in [2.45, 2.75) is 43.9 Å². The maximum atomic E-state index is 15.5. The molecule has 1 atom stereocenters. The predicted octanol–water partition coefficient (Wildman–Crippen LogP) is 7.51. The molecule has 4 aromatic rings. The molecule has 0 bridgehead atoms. The molecule has 2 heterocycles. The van der Waals surface area contributed by atoms with Gasteiger partial charge >= 0.3 is 6.18 Å². The first-order valence-electron chi connectivity index (χ1n) is 13.9. The number of aryl methyl sites for hydroxylation is 1. The Hall–Kier alpha value is -3.63. The Morgan fingerprint density at radius 2 is 1.77 bits per heavy atom. The molecule has 5 rings (SSSR count). The van der Waals surface area contributed by atoms with Crippen molar-refractivity contribution in [1.82, 2.24) is 9.88 Å². The predicted molar refractivity (Wildman–Crippen MR) is 159 cm³/mol. The molecule has 1 N–H and O–H groups in total. The number of halogens is 5. The standard InChI is InChI=1S/C33H31F5N2O2S/c1-19-7-4-8-21(15-19)13-14-39-17-22-18-43-32-24(16-25-26(33(36,37)38)10-6-11-27(25)34)20(2)29(31(41)40(22)32)23-9-5-12-28(42-3)30(23)35/h4-12,15,22,39H,13-14,16-18H2,1-3H3. The maximum Gasteiger partial charge on any atom is 0.416 e. The number of hydrogen-bond donors (Lipinski definition) is 1. The van der Waals surface area contributed by atoms with Gasteiger partial charge in [0.05, 0.1) is 29.3 Å². The molecule has 1 aliphatic heterocycles. The molecular weight excluding hydrogens is 583 g/mol. The molecule has 0 radical (unpaired) electrons. The molecular formula is C33H31F5N2O2S. The topological polar surface area (TPSA) is 43.3 Å². The number of pyridine rings is 1. The van der Waals surface area contributed by atoms with E-state index in [2.05, 4.69) is 11.4 Å². The van der Waals surface area contributed by atoms with Crippen LogP contribution in [0.2, 0.25) is 0 Å². The summed E-state index contributed by atoms with van der Waals surface area (Å²) in [6.07, 6.45) is -4.42. The van der Waals surface area contributed by atoms with E-state index in [0.29, 0.717) is 35.0 Å². The fourth-order valence-electron chi connectivity index (χ4n) is 5.65. The van der Waals surface area contributed by atoms with Crippen LogP contribution in [0.3, 0.4) is 0 Å². The van der Waals surface area contributed by atoms with E-state index in [1.165, 1.54) is 41.1 Å². The summed E-state index contributed by atoms with van der Waals surface area (Å²) < 4.78 is 79.0. The van der Waals surface area contributed by atoms with Gasteiger partial charge in [-0.1, -0.05) is 48.0 Å². The molecule has 0 spiro atoms. The molecule has 1 aromatic heterocycles. The number of hydrogen-bond acceptors (Lipinski definition) is 4. The maximum absolute atomic E-state index is 15.5. The SMILES string of the molecule is COc1cccc(-c2c(C)c(Cc3c(F)cccc3C(F)(F)F)c3n(c2=O)C(CNCCc2cccc(C)c2)CS3)c1F. The number of rotatable bonds is 9. The average Bonchev–Trinajstić information content (AvgIpc) is 3.38. The van der Waals surface area contributed by atoms with E-state index in [1.54, 1.807) is 13.0 Å². The fraction of sp³-hybridized carbons (Fsp3) is 0.303. The van der Waals surface area contributed by atoms with Crippen LogP contribution >= 0.6 is 11.8 Å². The molecule has 1 unspecified atom stereocenters. The number of alkyl halides is 3. The van der Waals surface area contributed by atoms with Gasteiger partial charge in [-0.25, -0.2) is 8.78 Å². The van der Waals surface area contributed by atoms with E-state index >= 15 is 8.78 Å². The highest BCUT2D eigenvalue weighted by atomic mass is 32.2. The van der Waals surface area contributed by atoms with Crippen molar-refractivity contribution in [3.8, 4) is 16.9 Å². The first-order chi connectivity index (χ1) is 20.5. The minimum atomic E-state index is -4.78. The van der Waals surface area contributed by atoms with Crippen LogP contribution < -0.4 is 15.6 Å². The van der Waals surface area contributed by atoms with Crippen molar-refractivity contribution >= 4 is 11.8 Å². The van der Waals surface area contributed by atoms with Crippen LogP contribution in [-0.4, -0.2) is 30.5 Å². The van der Waals surface area contributed by atoms with Gasteiger partial charge in [0.25, 0.3) is 5.56 Å². The van der Waals surface area contributed by atoms with Crippen LogP contribution in [0.1, 0.15) is 39.4 Å². The Morgan fingerprint density at radius 1 is 1.02 bits per heavy atom. The lowest BCUT2D eigenvalue weighted by molar-refractivity contribution is -0.138. The third kappa shape index (κ3) is 6.21. The number of thioether (sulfide) groups is 1. The highest BCUT2D eigenvalue weighted by molar-refractivity contribution is 7.99. The molecule has 0 aliphatic carbocycles. The Labute approximate surface area is 250 Å². The largest absolute Gasteiger partial charge is 0.494 e. The second kappa shape index (κ2) is 12.5. The number of benzene rings is 3. The minimum Gasteiger partial charge on any atom is -0.494 e. The first-order valence-corrected chi connectivity index (χ1v) is 14.8. The van der Waals surface area contributed by atoms with Gasteiger partial charge in [0.2, 0.25) is 0 Å². The summed E-state index contributed by atoms with van der Waals surface area (Å²) in [4.78, 5) is 14.1. The van der Waals surface area contributed by atoms with Gasteiger partial charge in [-0.3, -0.25) is 9.36 Å². The van der Waals surface area contributed by atoms with Gasteiger partial charge in [0.1, 0.15) is 5.82 Å². The lowest BCUT2D eigenvalue weighted by Gasteiger charge is -2.22. The molecule has 0 saturated carbocycles. The Kier molecular flexibility index (Phi) is 8.99. The molecule has 3 aromatic carbocycles. The zero-order valence-corrected chi connectivity index (χ0v) is 24.8. The van der Waals surface area contributed by atoms with Crippen LogP contribution in [0.5, 0.6) is 5.75 Å². The smallest absolute Gasteiger partial charge is 0.416 e. The van der Waals surface area contributed by atoms with Crippen LogP contribution in [0.15, 0.2) is 70.5 Å². The quantitative estimate of drug-likeness (QED) is 0.157. The van der Waals surface area contributed by atoms with E-state index in [9.17, 15) is 18.0 Å². The number of fused-ring (bicyclic) bond motifs is 1. The van der Waals surface area contributed by atoms with Crippen LogP contribution in [0.25, 0.3) is 11.1 Å². The van der Waals surface area contributed by atoms with Crippen molar-refractivity contribution in [2.24, 2.45) is 0 Å². The summed E-state index contributed by atoms with van der Waals surface area (Å²) in [5.41, 5.74) is 0.945. The van der Waals surface area contributed by atoms with Crippen molar-refractivity contribution in [2.75, 3.05) is 26.0 Å². The summed E-state index contributed by atoms with van der Waals surface area (Å²) in [6, 6.07) is 15.1. The van der Waals surface area contributed by atoms with Gasteiger partial charge < -0.3 is 10.1 Å². The van der Waals surface area contributed by atoms with Crippen LogP contribution in [0.4, 0.5) is 22.0 Å². The van der Waals surface area contributed by atoms with Gasteiger partial charge in [-0.15, -0.1) is 11.8 Å². The summed E-state index contributed by atoms with van der Waals surface area (Å²) in [6.45, 7) is 4.67. The molecule has 4 nitrogen and oxygen atoms in total. The third-order valence-corrected chi connectivity index (χ3v) is 9.07. The van der Waals surface area contributed by atoms with Gasteiger partial charge in [-0.2, -0.15) is 13.2 Å². The summed E-state index contributed by atoms with van der Waals surface area (Å²) >= 11 is 1.34. The van der Waals surface area contributed by atoms with E-state index in [0.717, 1.165) is 30.2 Å². The molecule has 43 heavy (non-hydrogen) atoms. The average molecular weight is 615 g/mol. The summed E-state index contributed by atoms with van der Waals surface area (Å²) in [5.74, 6) is -1.34. The molecule has 0 fully saturated rings. The number of nitrogens with one attached hydrogen (secondary N) is 1. The van der Waals surface area contributed by atoms with E-state index in [1.807, 2.05) is 25.1 Å². The molecule has 0 saturated heterocycles. The number of nitrogens with zero attached hydrogens (tertiary/aromatic N) is 1. The molecule has 1 aliphatic rings. The number of aromatic nitrogens is 1. The highest BCUT2D eigenvalue weighted by Crippen LogP contribution is 2.42. The normalized spacial score (nSPS) is 14.7. The van der Waals surface area contributed by atoms with Crippen molar-refractivity contribution in [3.05, 3.63) is 116 Å². The second-order valence-electron chi connectivity index (χ2n) is 10.6. The zero-order valence-electron chi connectivity index (χ0n) is 23.9.